The molecule has 0 N–H and O–H groups in total. The number of carbonyl (C=O) groups excluding carboxylic acids is 2. The highest BCUT2D eigenvalue weighted by molar-refractivity contribution is 5.64. The molecule has 0 fully saturated rings. The summed E-state index contributed by atoms with van der Waals surface area (Å²) in [5, 5.41) is 20.5. The Morgan fingerprint density at radius 1 is 0.500 bits per heavy atom. The molecule has 0 heterocycles. The lowest BCUT2D eigenvalue weighted by Gasteiger charge is -2.01. The van der Waals surface area contributed by atoms with Crippen molar-refractivity contribution >= 4 is 11.9 Å². The second kappa shape index (κ2) is 17.8. The normalized spacial score (nSPS) is 11.5. The van der Waals surface area contributed by atoms with E-state index >= 15 is 0 Å². The largest absolute Gasteiger partial charge is 0.550 e. The van der Waals surface area contributed by atoms with Crippen LogP contribution >= 0.6 is 0 Å². The third-order valence-corrected chi connectivity index (χ3v) is 3.84. The Hall–Kier alpha value is -1.58. The fourth-order valence-corrected chi connectivity index (χ4v) is 2.43. The topological polar surface area (TPSA) is 80.3 Å². The van der Waals surface area contributed by atoms with E-state index in [1.807, 2.05) is 0 Å². The highest BCUT2D eigenvalue weighted by Gasteiger charge is 1.91. The molecule has 0 saturated heterocycles. The number of allylic oxidation sites excluding steroid dienone is 4. The molecule has 0 bridgehead atoms. The van der Waals surface area contributed by atoms with Crippen LogP contribution in [0.1, 0.15) is 89.9 Å². The maximum Gasteiger partial charge on any atom is 0.0414 e. The van der Waals surface area contributed by atoms with Crippen LogP contribution in [-0.4, -0.2) is 11.9 Å². The van der Waals surface area contributed by atoms with Crippen molar-refractivity contribution in [1.82, 2.24) is 0 Å². The van der Waals surface area contributed by atoms with Gasteiger partial charge in [0.1, 0.15) is 0 Å². The minimum Gasteiger partial charge on any atom is -0.550 e. The van der Waals surface area contributed by atoms with Gasteiger partial charge in [0.25, 0.3) is 0 Å². The van der Waals surface area contributed by atoms with Gasteiger partial charge in [-0.3, -0.25) is 0 Å². The Bertz CT molecular complexity index is 336. The molecule has 0 aromatic rings. The number of carbonyl (C=O) groups is 2. The highest BCUT2D eigenvalue weighted by Crippen LogP contribution is 2.07. The standard InChI is InChI=1S/C20H34O4/c21-19(22)17-15-13-11-9-7-5-3-1-2-4-6-8-10-12-14-16-18-20(23)24/h3-6H,1-2,7-18H2,(H,21,22)(H,23,24)/p-2/b5-3+,6-4+. The van der Waals surface area contributed by atoms with Crippen LogP contribution in [0.4, 0.5) is 0 Å². The molecule has 0 aliphatic carbocycles. The van der Waals surface area contributed by atoms with Crippen LogP contribution in [0, 0.1) is 0 Å². The number of aliphatic carboxylic acids is 2. The van der Waals surface area contributed by atoms with Gasteiger partial charge < -0.3 is 19.8 Å². The van der Waals surface area contributed by atoms with Crippen molar-refractivity contribution in [3.8, 4) is 0 Å². The molecule has 0 rings (SSSR count). The summed E-state index contributed by atoms with van der Waals surface area (Å²) in [5.41, 5.74) is 0. The van der Waals surface area contributed by atoms with Crippen LogP contribution in [0.15, 0.2) is 24.3 Å². The zero-order chi connectivity index (χ0) is 17.9. The molecule has 0 aliphatic heterocycles. The van der Waals surface area contributed by atoms with Gasteiger partial charge in [0, 0.05) is 11.9 Å². The van der Waals surface area contributed by atoms with Gasteiger partial charge in [0.2, 0.25) is 0 Å². The van der Waals surface area contributed by atoms with Crippen molar-refractivity contribution in [3.63, 3.8) is 0 Å². The maximum absolute atomic E-state index is 10.2. The summed E-state index contributed by atoms with van der Waals surface area (Å²) in [4.78, 5) is 20.5. The molecule has 24 heavy (non-hydrogen) atoms. The van der Waals surface area contributed by atoms with Crippen LogP contribution < -0.4 is 10.2 Å². The lowest BCUT2D eigenvalue weighted by atomic mass is 10.1. The van der Waals surface area contributed by atoms with Gasteiger partial charge in [-0.05, 0) is 64.2 Å². The molecule has 0 atom stereocenters. The summed E-state index contributed by atoms with van der Waals surface area (Å²) in [5.74, 6) is -1.89. The van der Waals surface area contributed by atoms with E-state index in [-0.39, 0.29) is 12.8 Å². The molecular weight excluding hydrogens is 304 g/mol. The quantitative estimate of drug-likeness (QED) is 0.302. The predicted octanol–water partition coefficient (Wildman–Crippen LogP) is 3.06. The molecule has 4 nitrogen and oxygen atoms in total. The van der Waals surface area contributed by atoms with Gasteiger partial charge in [-0.15, -0.1) is 0 Å². The fourth-order valence-electron chi connectivity index (χ4n) is 2.43. The Labute approximate surface area is 146 Å². The summed E-state index contributed by atoms with van der Waals surface area (Å²) >= 11 is 0. The molecule has 0 aliphatic rings. The second-order valence-electron chi connectivity index (χ2n) is 6.17. The van der Waals surface area contributed by atoms with E-state index in [0.717, 1.165) is 77.0 Å². The van der Waals surface area contributed by atoms with Gasteiger partial charge in [0.15, 0.2) is 0 Å². The fraction of sp³-hybridized carbons (Fsp3) is 0.700. The van der Waals surface area contributed by atoms with Crippen molar-refractivity contribution in [3.05, 3.63) is 24.3 Å². The number of rotatable bonds is 17. The van der Waals surface area contributed by atoms with Gasteiger partial charge in [-0.1, -0.05) is 50.0 Å². The van der Waals surface area contributed by atoms with E-state index in [9.17, 15) is 19.8 Å². The summed E-state index contributed by atoms with van der Waals surface area (Å²) in [7, 11) is 0. The molecule has 4 heteroatoms. The number of hydrogen-bond donors (Lipinski definition) is 0. The minimum absolute atomic E-state index is 0.183. The Balaban J connectivity index is 3.22. The van der Waals surface area contributed by atoms with Gasteiger partial charge in [-0.25, -0.2) is 0 Å². The number of unbranched alkanes of at least 4 members (excludes halogenated alkanes) is 9. The first-order valence-electron chi connectivity index (χ1n) is 9.32. The van der Waals surface area contributed by atoms with Crippen molar-refractivity contribution in [2.75, 3.05) is 0 Å². The molecule has 0 aromatic carbocycles. The molecule has 0 unspecified atom stereocenters. The summed E-state index contributed by atoms with van der Waals surface area (Å²) < 4.78 is 0. The van der Waals surface area contributed by atoms with E-state index < -0.39 is 11.9 Å². The first-order chi connectivity index (χ1) is 11.6. The van der Waals surface area contributed by atoms with E-state index in [0.29, 0.717) is 0 Å². The average Bonchev–Trinajstić information content (AvgIpc) is 2.53. The van der Waals surface area contributed by atoms with Gasteiger partial charge >= 0.3 is 0 Å². The van der Waals surface area contributed by atoms with E-state index in [4.69, 9.17) is 0 Å². The maximum atomic E-state index is 10.2. The highest BCUT2D eigenvalue weighted by atomic mass is 16.4. The third-order valence-electron chi connectivity index (χ3n) is 3.84. The predicted molar refractivity (Wildman–Crippen MR) is 92.9 cm³/mol. The van der Waals surface area contributed by atoms with Crippen LogP contribution in [0.25, 0.3) is 0 Å². The van der Waals surface area contributed by atoms with Crippen LogP contribution in [0.5, 0.6) is 0 Å². The van der Waals surface area contributed by atoms with Crippen molar-refractivity contribution in [2.24, 2.45) is 0 Å². The molecule has 0 spiro atoms. The number of carboxylic acids is 2. The molecule has 0 saturated carbocycles. The van der Waals surface area contributed by atoms with E-state index in [1.165, 1.54) is 0 Å². The Morgan fingerprint density at radius 3 is 1.21 bits per heavy atom. The zero-order valence-corrected chi connectivity index (χ0v) is 14.8. The smallest absolute Gasteiger partial charge is 0.0414 e. The van der Waals surface area contributed by atoms with E-state index in [1.54, 1.807) is 0 Å². The molecule has 0 radical (unpaired) electrons. The summed E-state index contributed by atoms with van der Waals surface area (Å²) in [6.45, 7) is 0. The lowest BCUT2D eigenvalue weighted by molar-refractivity contribution is -0.307. The number of hydrogen-bond acceptors (Lipinski definition) is 4. The van der Waals surface area contributed by atoms with E-state index in [2.05, 4.69) is 24.3 Å². The first-order valence-corrected chi connectivity index (χ1v) is 9.32. The van der Waals surface area contributed by atoms with Crippen molar-refractivity contribution in [1.29, 1.82) is 0 Å². The summed E-state index contributed by atoms with van der Waals surface area (Å²) in [6, 6.07) is 0. The zero-order valence-electron chi connectivity index (χ0n) is 14.8. The molecule has 138 valence electrons. The molecule has 0 amide bonds. The van der Waals surface area contributed by atoms with Crippen molar-refractivity contribution < 1.29 is 19.8 Å². The third kappa shape index (κ3) is 20.4. The average molecular weight is 336 g/mol. The Kier molecular flexibility index (Phi) is 16.6. The summed E-state index contributed by atoms with van der Waals surface area (Å²) in [6.07, 6.45) is 21.3. The minimum atomic E-state index is -0.946. The van der Waals surface area contributed by atoms with Gasteiger partial charge in [-0.2, -0.15) is 0 Å². The van der Waals surface area contributed by atoms with Crippen LogP contribution in [-0.2, 0) is 9.59 Å². The Morgan fingerprint density at radius 2 is 0.833 bits per heavy atom. The van der Waals surface area contributed by atoms with Crippen molar-refractivity contribution in [2.45, 2.75) is 89.9 Å². The molecule has 0 aromatic heterocycles. The van der Waals surface area contributed by atoms with Gasteiger partial charge in [0.05, 0.1) is 0 Å². The van der Waals surface area contributed by atoms with Crippen LogP contribution in [0.3, 0.4) is 0 Å². The second-order valence-corrected chi connectivity index (χ2v) is 6.17. The molecular formula is C20H32O4-2. The SMILES string of the molecule is O=C([O-])CCCCCC/C=C/CC/C=C/CCCCCCC(=O)[O-]. The first kappa shape index (κ1) is 22.4. The monoisotopic (exact) mass is 336 g/mol. The number of carboxylic acid groups (broad SMARTS) is 2. The lowest BCUT2D eigenvalue weighted by Crippen LogP contribution is -2.21. The van der Waals surface area contributed by atoms with Crippen LogP contribution in [0.2, 0.25) is 0 Å².